The van der Waals surface area contributed by atoms with Gasteiger partial charge in [-0.3, -0.25) is 4.79 Å². The molecule has 0 aliphatic rings. The molecule has 0 aliphatic heterocycles. The van der Waals surface area contributed by atoms with Gasteiger partial charge in [0.15, 0.2) is 5.78 Å². The van der Waals surface area contributed by atoms with Crippen molar-refractivity contribution >= 4 is 5.78 Å². The number of carbonyl (C=O) groups excluding carboxylic acids is 1. The Labute approximate surface area is 71.9 Å². The molecule has 0 bridgehead atoms. The molecule has 0 amide bonds. The van der Waals surface area contributed by atoms with E-state index in [1.165, 1.54) is 12.5 Å². The molecule has 0 fully saturated rings. The lowest BCUT2D eigenvalue weighted by Crippen LogP contribution is -1.94. The maximum Gasteiger partial charge on any atom is 0.169 e. The number of carbonyl (C=O) groups is 1. The minimum Gasteiger partial charge on any atom is -0.472 e. The summed E-state index contributed by atoms with van der Waals surface area (Å²) in [6, 6.07) is 1.68. The molecule has 0 saturated heterocycles. The van der Waals surface area contributed by atoms with Gasteiger partial charge >= 0.3 is 0 Å². The van der Waals surface area contributed by atoms with Gasteiger partial charge in [-0.05, 0) is 19.9 Å². The van der Waals surface area contributed by atoms with Crippen LogP contribution in [0.4, 0.5) is 0 Å². The fraction of sp³-hybridized carbons (Fsp3) is 0.300. The molecule has 0 saturated carbocycles. The van der Waals surface area contributed by atoms with Gasteiger partial charge in [0.05, 0.1) is 11.8 Å². The number of hydrogen-bond donors (Lipinski definition) is 0. The van der Waals surface area contributed by atoms with Gasteiger partial charge in [0, 0.05) is 6.42 Å². The van der Waals surface area contributed by atoms with Crippen LogP contribution in [0.25, 0.3) is 0 Å². The summed E-state index contributed by atoms with van der Waals surface area (Å²) in [6.45, 7) is 3.95. The van der Waals surface area contributed by atoms with Crippen molar-refractivity contribution in [1.82, 2.24) is 0 Å². The Morgan fingerprint density at radius 2 is 2.33 bits per heavy atom. The van der Waals surface area contributed by atoms with Crippen LogP contribution in [0.1, 0.15) is 30.6 Å². The maximum atomic E-state index is 11.3. The van der Waals surface area contributed by atoms with Crippen LogP contribution in [0.15, 0.2) is 34.7 Å². The van der Waals surface area contributed by atoms with Gasteiger partial charge in [0.1, 0.15) is 6.26 Å². The van der Waals surface area contributed by atoms with E-state index < -0.39 is 0 Å². The Morgan fingerprint density at radius 1 is 1.58 bits per heavy atom. The highest BCUT2D eigenvalue weighted by molar-refractivity contribution is 5.96. The summed E-state index contributed by atoms with van der Waals surface area (Å²) < 4.78 is 4.80. The number of allylic oxidation sites excluding steroid dienone is 2. The number of furan rings is 1. The van der Waals surface area contributed by atoms with Gasteiger partial charge in [0.2, 0.25) is 0 Å². The lowest BCUT2D eigenvalue weighted by Gasteiger charge is -1.91. The third kappa shape index (κ3) is 2.38. The second-order valence-corrected chi connectivity index (χ2v) is 2.92. The number of hydrogen-bond acceptors (Lipinski definition) is 2. The summed E-state index contributed by atoms with van der Waals surface area (Å²) in [7, 11) is 0. The SMILES string of the molecule is CC(C)=CCC(=O)c1ccoc1. The second kappa shape index (κ2) is 3.90. The van der Waals surface area contributed by atoms with E-state index in [1.54, 1.807) is 6.07 Å². The fourth-order valence-electron chi connectivity index (χ4n) is 0.838. The zero-order valence-electron chi connectivity index (χ0n) is 7.33. The lowest BCUT2D eigenvalue weighted by molar-refractivity contribution is 0.0995. The van der Waals surface area contributed by atoms with Gasteiger partial charge < -0.3 is 4.42 Å². The highest BCUT2D eigenvalue weighted by Gasteiger charge is 2.03. The standard InChI is InChI=1S/C10H12O2/c1-8(2)3-4-10(11)9-5-6-12-7-9/h3,5-7H,4H2,1-2H3. The van der Waals surface area contributed by atoms with E-state index in [1.807, 2.05) is 19.9 Å². The van der Waals surface area contributed by atoms with Crippen LogP contribution in [0.5, 0.6) is 0 Å². The highest BCUT2D eigenvalue weighted by atomic mass is 16.3. The molecule has 1 aromatic heterocycles. The van der Waals surface area contributed by atoms with Crippen molar-refractivity contribution in [3.63, 3.8) is 0 Å². The van der Waals surface area contributed by atoms with E-state index in [-0.39, 0.29) is 5.78 Å². The summed E-state index contributed by atoms with van der Waals surface area (Å²) >= 11 is 0. The first-order chi connectivity index (χ1) is 5.70. The number of ketones is 1. The summed E-state index contributed by atoms with van der Waals surface area (Å²) in [5.41, 5.74) is 1.80. The molecule has 0 radical (unpaired) electrons. The van der Waals surface area contributed by atoms with Gasteiger partial charge in [-0.25, -0.2) is 0 Å². The number of rotatable bonds is 3. The summed E-state index contributed by atoms with van der Waals surface area (Å²) in [5, 5.41) is 0. The zero-order valence-corrected chi connectivity index (χ0v) is 7.33. The largest absolute Gasteiger partial charge is 0.472 e. The monoisotopic (exact) mass is 164 g/mol. The molecule has 1 rings (SSSR count). The minimum atomic E-state index is 0.102. The summed E-state index contributed by atoms with van der Waals surface area (Å²) in [5.74, 6) is 0.102. The van der Waals surface area contributed by atoms with Crippen LogP contribution in [-0.4, -0.2) is 5.78 Å². The molecule has 0 N–H and O–H groups in total. The predicted molar refractivity (Wildman–Crippen MR) is 47.1 cm³/mol. The van der Waals surface area contributed by atoms with Crippen molar-refractivity contribution in [3.8, 4) is 0 Å². The van der Waals surface area contributed by atoms with Crippen molar-refractivity contribution < 1.29 is 9.21 Å². The second-order valence-electron chi connectivity index (χ2n) is 2.92. The van der Waals surface area contributed by atoms with E-state index >= 15 is 0 Å². The molecule has 12 heavy (non-hydrogen) atoms. The molecule has 0 aliphatic carbocycles. The quantitative estimate of drug-likeness (QED) is 0.508. The Hall–Kier alpha value is -1.31. The van der Waals surface area contributed by atoms with Crippen LogP contribution in [0.3, 0.4) is 0 Å². The van der Waals surface area contributed by atoms with Crippen LogP contribution in [0.2, 0.25) is 0 Å². The molecule has 2 heteroatoms. The molecule has 1 aromatic rings. The van der Waals surface area contributed by atoms with Gasteiger partial charge in [-0.1, -0.05) is 11.6 Å². The molecule has 0 atom stereocenters. The molecular formula is C10H12O2. The topological polar surface area (TPSA) is 30.2 Å². The maximum absolute atomic E-state index is 11.3. The van der Waals surface area contributed by atoms with E-state index in [2.05, 4.69) is 0 Å². The average Bonchev–Trinajstić information content (AvgIpc) is 2.51. The third-order valence-corrected chi connectivity index (χ3v) is 1.54. The fourth-order valence-corrected chi connectivity index (χ4v) is 0.838. The van der Waals surface area contributed by atoms with E-state index in [0.717, 1.165) is 5.57 Å². The van der Waals surface area contributed by atoms with Crippen molar-refractivity contribution in [3.05, 3.63) is 35.8 Å². The molecule has 0 aromatic carbocycles. The van der Waals surface area contributed by atoms with Crippen LogP contribution < -0.4 is 0 Å². The Balaban J connectivity index is 2.57. The van der Waals surface area contributed by atoms with Crippen LogP contribution >= 0.6 is 0 Å². The number of Topliss-reactive ketones (excluding diaryl/α,β-unsaturated/α-hetero) is 1. The molecule has 0 spiro atoms. The van der Waals surface area contributed by atoms with E-state index in [4.69, 9.17) is 4.42 Å². The summed E-state index contributed by atoms with van der Waals surface area (Å²) in [4.78, 5) is 11.3. The van der Waals surface area contributed by atoms with Crippen molar-refractivity contribution in [2.45, 2.75) is 20.3 Å². The van der Waals surface area contributed by atoms with Crippen molar-refractivity contribution in [2.24, 2.45) is 0 Å². The Kier molecular flexibility index (Phi) is 2.86. The Bertz CT molecular complexity index is 277. The van der Waals surface area contributed by atoms with E-state index in [9.17, 15) is 4.79 Å². The lowest BCUT2D eigenvalue weighted by atomic mass is 10.1. The zero-order chi connectivity index (χ0) is 8.97. The summed E-state index contributed by atoms with van der Waals surface area (Å²) in [6.07, 6.45) is 5.36. The van der Waals surface area contributed by atoms with Gasteiger partial charge in [0.25, 0.3) is 0 Å². The minimum absolute atomic E-state index is 0.102. The van der Waals surface area contributed by atoms with Crippen LogP contribution in [-0.2, 0) is 0 Å². The first-order valence-corrected chi connectivity index (χ1v) is 3.89. The predicted octanol–water partition coefficient (Wildman–Crippen LogP) is 2.82. The van der Waals surface area contributed by atoms with Crippen LogP contribution in [0, 0.1) is 0 Å². The normalized spacial score (nSPS) is 9.50. The van der Waals surface area contributed by atoms with Gasteiger partial charge in [-0.2, -0.15) is 0 Å². The smallest absolute Gasteiger partial charge is 0.169 e. The van der Waals surface area contributed by atoms with Gasteiger partial charge in [-0.15, -0.1) is 0 Å². The molecular weight excluding hydrogens is 152 g/mol. The molecule has 1 heterocycles. The molecule has 2 nitrogen and oxygen atoms in total. The third-order valence-electron chi connectivity index (χ3n) is 1.54. The van der Waals surface area contributed by atoms with Crippen molar-refractivity contribution in [1.29, 1.82) is 0 Å². The first kappa shape index (κ1) is 8.78. The van der Waals surface area contributed by atoms with Crippen molar-refractivity contribution in [2.75, 3.05) is 0 Å². The first-order valence-electron chi connectivity index (χ1n) is 3.89. The van der Waals surface area contributed by atoms with E-state index in [0.29, 0.717) is 12.0 Å². The molecule has 64 valence electrons. The average molecular weight is 164 g/mol. The Morgan fingerprint density at radius 3 is 2.83 bits per heavy atom. The highest BCUT2D eigenvalue weighted by Crippen LogP contribution is 2.05. The molecule has 0 unspecified atom stereocenters.